The third-order valence-corrected chi connectivity index (χ3v) is 5.64. The Morgan fingerprint density at radius 3 is 2.18 bits per heavy atom. The second kappa shape index (κ2) is 8.68. The molecule has 2 heterocycles. The highest BCUT2D eigenvalue weighted by molar-refractivity contribution is 5.41. The molecule has 5 heteroatoms. The van der Waals surface area contributed by atoms with Crippen molar-refractivity contribution in [2.75, 3.05) is 44.2 Å². The van der Waals surface area contributed by atoms with E-state index in [2.05, 4.69) is 63.5 Å². The first kappa shape index (κ1) is 21.5. The van der Waals surface area contributed by atoms with Crippen molar-refractivity contribution in [3.8, 4) is 0 Å². The fourth-order valence-electron chi connectivity index (χ4n) is 3.82. The fourth-order valence-corrected chi connectivity index (χ4v) is 3.82. The summed E-state index contributed by atoms with van der Waals surface area (Å²) >= 11 is 0. The second-order valence-corrected chi connectivity index (χ2v) is 10.3. The van der Waals surface area contributed by atoms with Crippen LogP contribution in [0.5, 0.6) is 0 Å². The second-order valence-electron chi connectivity index (χ2n) is 10.3. The van der Waals surface area contributed by atoms with E-state index in [1.807, 2.05) is 6.20 Å². The number of anilines is 1. The van der Waals surface area contributed by atoms with Gasteiger partial charge in [-0.25, -0.2) is 4.98 Å². The Kier molecular flexibility index (Phi) is 6.68. The van der Waals surface area contributed by atoms with Gasteiger partial charge < -0.3 is 14.4 Å². The van der Waals surface area contributed by atoms with Crippen molar-refractivity contribution in [3.05, 3.63) is 23.9 Å². The molecule has 5 nitrogen and oxygen atoms in total. The van der Waals surface area contributed by atoms with Crippen molar-refractivity contribution in [2.45, 2.75) is 77.6 Å². The van der Waals surface area contributed by atoms with Gasteiger partial charge in [-0.3, -0.25) is 4.90 Å². The summed E-state index contributed by atoms with van der Waals surface area (Å²) in [6.07, 6.45) is 4.89. The Bertz CT molecular complexity index is 604. The highest BCUT2D eigenvalue weighted by Crippen LogP contribution is 2.30. The molecule has 1 aromatic rings. The lowest BCUT2D eigenvalue weighted by atomic mass is 9.88. The molecule has 2 aliphatic rings. The lowest BCUT2D eigenvalue weighted by molar-refractivity contribution is -0.149. The van der Waals surface area contributed by atoms with Crippen LogP contribution in [-0.4, -0.2) is 67.0 Å². The number of piperazine rings is 1. The molecule has 2 fully saturated rings. The van der Waals surface area contributed by atoms with Gasteiger partial charge in [0.25, 0.3) is 0 Å². The largest absolute Gasteiger partial charge is 0.377 e. The van der Waals surface area contributed by atoms with E-state index in [1.165, 1.54) is 5.56 Å². The highest BCUT2D eigenvalue weighted by atomic mass is 16.5. The standard InChI is InChI=1S/C23H39N3O2/c1-22(2,3)18-7-8-21(24-17-18)26-11-9-25(10-12-26)13-14-27-19-15-20(16-19)28-23(4,5)6/h7-8,17,19-20H,9-16H2,1-6H3/t19-,20-. The molecule has 1 saturated heterocycles. The van der Waals surface area contributed by atoms with Crippen LogP contribution >= 0.6 is 0 Å². The molecule has 3 rings (SSSR count). The van der Waals surface area contributed by atoms with Crippen LogP contribution in [-0.2, 0) is 14.9 Å². The minimum Gasteiger partial charge on any atom is -0.377 e. The van der Waals surface area contributed by atoms with E-state index in [1.54, 1.807) is 0 Å². The molecule has 1 aliphatic heterocycles. The van der Waals surface area contributed by atoms with Gasteiger partial charge in [-0.05, 0) is 50.7 Å². The van der Waals surface area contributed by atoms with Gasteiger partial charge in [0.15, 0.2) is 0 Å². The Hall–Kier alpha value is -1.17. The van der Waals surface area contributed by atoms with Crippen LogP contribution in [0.3, 0.4) is 0 Å². The quantitative estimate of drug-likeness (QED) is 0.738. The predicted octanol–water partition coefficient (Wildman–Crippen LogP) is 3.86. The van der Waals surface area contributed by atoms with Gasteiger partial charge in [0.1, 0.15) is 5.82 Å². The maximum absolute atomic E-state index is 6.03. The Balaban J connectivity index is 1.32. The Labute approximate surface area is 171 Å². The van der Waals surface area contributed by atoms with Crippen molar-refractivity contribution in [1.29, 1.82) is 0 Å². The highest BCUT2D eigenvalue weighted by Gasteiger charge is 2.33. The average Bonchev–Trinajstić information content (AvgIpc) is 2.58. The predicted molar refractivity (Wildman–Crippen MR) is 115 cm³/mol. The van der Waals surface area contributed by atoms with Gasteiger partial charge >= 0.3 is 0 Å². The molecule has 0 radical (unpaired) electrons. The number of ether oxygens (including phenoxy) is 2. The van der Waals surface area contributed by atoms with Crippen molar-refractivity contribution >= 4 is 5.82 Å². The molecule has 0 atom stereocenters. The smallest absolute Gasteiger partial charge is 0.128 e. The maximum Gasteiger partial charge on any atom is 0.128 e. The lowest BCUT2D eigenvalue weighted by Crippen LogP contribution is -2.48. The lowest BCUT2D eigenvalue weighted by Gasteiger charge is -2.39. The van der Waals surface area contributed by atoms with E-state index in [9.17, 15) is 0 Å². The van der Waals surface area contributed by atoms with Gasteiger partial charge in [0, 0.05) is 38.9 Å². The van der Waals surface area contributed by atoms with Crippen LogP contribution in [0.2, 0.25) is 0 Å². The zero-order valence-corrected chi connectivity index (χ0v) is 18.7. The molecule has 158 valence electrons. The monoisotopic (exact) mass is 389 g/mol. The van der Waals surface area contributed by atoms with Crippen molar-refractivity contribution in [1.82, 2.24) is 9.88 Å². The first-order valence-electron chi connectivity index (χ1n) is 10.8. The third kappa shape index (κ3) is 6.16. The van der Waals surface area contributed by atoms with E-state index in [4.69, 9.17) is 14.5 Å². The average molecular weight is 390 g/mol. The zero-order valence-electron chi connectivity index (χ0n) is 18.7. The van der Waals surface area contributed by atoms with Gasteiger partial charge in [-0.2, -0.15) is 0 Å². The fraction of sp³-hybridized carbons (Fsp3) is 0.783. The summed E-state index contributed by atoms with van der Waals surface area (Å²) in [4.78, 5) is 9.60. The third-order valence-electron chi connectivity index (χ3n) is 5.64. The summed E-state index contributed by atoms with van der Waals surface area (Å²) in [5, 5.41) is 0. The topological polar surface area (TPSA) is 37.8 Å². The zero-order chi connectivity index (χ0) is 20.4. The van der Waals surface area contributed by atoms with E-state index in [0.29, 0.717) is 12.2 Å². The molecule has 0 spiro atoms. The van der Waals surface area contributed by atoms with Crippen LogP contribution in [0, 0.1) is 0 Å². The molecule has 1 aliphatic carbocycles. The molecule has 0 bridgehead atoms. The van der Waals surface area contributed by atoms with Gasteiger partial charge in [0.05, 0.1) is 24.4 Å². The van der Waals surface area contributed by atoms with E-state index < -0.39 is 0 Å². The minimum atomic E-state index is -0.0444. The first-order chi connectivity index (χ1) is 13.1. The molecule has 0 N–H and O–H groups in total. The number of aromatic nitrogens is 1. The van der Waals surface area contributed by atoms with Crippen molar-refractivity contribution in [3.63, 3.8) is 0 Å². The number of hydrogen-bond donors (Lipinski definition) is 0. The van der Waals surface area contributed by atoms with Crippen LogP contribution in [0.15, 0.2) is 18.3 Å². The van der Waals surface area contributed by atoms with Crippen LogP contribution < -0.4 is 4.90 Å². The molecule has 1 aromatic heterocycles. The molecule has 0 unspecified atom stereocenters. The summed E-state index contributed by atoms with van der Waals surface area (Å²) in [6.45, 7) is 19.1. The first-order valence-corrected chi connectivity index (χ1v) is 10.8. The summed E-state index contributed by atoms with van der Waals surface area (Å²) in [5.74, 6) is 1.10. The van der Waals surface area contributed by atoms with E-state index in [-0.39, 0.29) is 11.0 Å². The SMILES string of the molecule is CC(C)(C)O[C@H]1C[C@H](OCCN2CCN(c3ccc(C(C)(C)C)cn3)CC2)C1. The number of hydrogen-bond acceptors (Lipinski definition) is 5. The Morgan fingerprint density at radius 2 is 1.64 bits per heavy atom. The maximum atomic E-state index is 6.03. The number of nitrogens with zero attached hydrogens (tertiary/aromatic N) is 3. The van der Waals surface area contributed by atoms with Crippen molar-refractivity contribution < 1.29 is 9.47 Å². The van der Waals surface area contributed by atoms with E-state index >= 15 is 0 Å². The molecule has 1 saturated carbocycles. The van der Waals surface area contributed by atoms with Gasteiger partial charge in [-0.15, -0.1) is 0 Å². The molecular formula is C23H39N3O2. The number of pyridine rings is 1. The summed E-state index contributed by atoms with van der Waals surface area (Å²) < 4.78 is 12.0. The van der Waals surface area contributed by atoms with Gasteiger partial charge in [0.2, 0.25) is 0 Å². The minimum absolute atomic E-state index is 0.0444. The van der Waals surface area contributed by atoms with Crippen LogP contribution in [0.1, 0.15) is 59.9 Å². The molecular weight excluding hydrogens is 350 g/mol. The summed E-state index contributed by atoms with van der Waals surface area (Å²) in [5.41, 5.74) is 1.40. The summed E-state index contributed by atoms with van der Waals surface area (Å²) in [7, 11) is 0. The van der Waals surface area contributed by atoms with Crippen LogP contribution in [0.25, 0.3) is 0 Å². The van der Waals surface area contributed by atoms with Gasteiger partial charge in [-0.1, -0.05) is 26.8 Å². The molecule has 0 aromatic carbocycles. The molecule has 28 heavy (non-hydrogen) atoms. The number of rotatable bonds is 6. The van der Waals surface area contributed by atoms with Crippen molar-refractivity contribution in [2.24, 2.45) is 0 Å². The van der Waals surface area contributed by atoms with Crippen LogP contribution in [0.4, 0.5) is 5.82 Å². The summed E-state index contributed by atoms with van der Waals surface area (Å²) in [6, 6.07) is 4.39. The molecule has 0 amide bonds. The normalized spacial score (nSPS) is 24.3. The van der Waals surface area contributed by atoms with E-state index in [0.717, 1.165) is 58.0 Å². The Morgan fingerprint density at radius 1 is 0.964 bits per heavy atom.